The van der Waals surface area contributed by atoms with Crippen LogP contribution in [0.15, 0.2) is 12.2 Å². The van der Waals surface area contributed by atoms with Crippen molar-refractivity contribution < 1.29 is 9.53 Å². The summed E-state index contributed by atoms with van der Waals surface area (Å²) in [6, 6.07) is 0. The summed E-state index contributed by atoms with van der Waals surface area (Å²) in [6.07, 6.45) is 63.6. The lowest BCUT2D eigenvalue weighted by atomic mass is 10.0. The zero-order valence-corrected chi connectivity index (χ0v) is 37.2. The van der Waals surface area contributed by atoms with Crippen molar-refractivity contribution in [2.45, 2.75) is 297 Å². The number of carbonyl (C=O) groups excluding carboxylic acids is 1. The minimum atomic E-state index is 0.0183. The van der Waals surface area contributed by atoms with Crippen LogP contribution in [0.4, 0.5) is 0 Å². The van der Waals surface area contributed by atoms with Gasteiger partial charge in [-0.15, -0.1) is 0 Å². The van der Waals surface area contributed by atoms with E-state index in [9.17, 15) is 4.79 Å². The van der Waals surface area contributed by atoms with Crippen LogP contribution in [-0.4, -0.2) is 12.6 Å². The SMILES string of the molecule is CCCC/C=C\CCCCCCCC(=O)OCCCCCCCCCCCCCCCCCCCCCCCCCCCCCCCCCCC(C)C. The molecule has 316 valence electrons. The molecule has 0 saturated heterocycles. The van der Waals surface area contributed by atoms with E-state index in [0.717, 1.165) is 25.2 Å². The Kier molecular flexibility index (Phi) is 46.7. The van der Waals surface area contributed by atoms with Gasteiger partial charge in [0.1, 0.15) is 0 Å². The molecule has 0 N–H and O–H groups in total. The highest BCUT2D eigenvalue weighted by molar-refractivity contribution is 5.69. The lowest BCUT2D eigenvalue weighted by molar-refractivity contribution is -0.143. The van der Waals surface area contributed by atoms with E-state index in [2.05, 4.69) is 32.9 Å². The predicted molar refractivity (Wildman–Crippen MR) is 239 cm³/mol. The number of esters is 1. The third-order valence-electron chi connectivity index (χ3n) is 11.6. The zero-order valence-electron chi connectivity index (χ0n) is 37.2. The summed E-state index contributed by atoms with van der Waals surface area (Å²) >= 11 is 0. The van der Waals surface area contributed by atoms with Gasteiger partial charge < -0.3 is 4.74 Å². The van der Waals surface area contributed by atoms with Gasteiger partial charge in [0.15, 0.2) is 0 Å². The molecule has 0 aromatic carbocycles. The van der Waals surface area contributed by atoms with Crippen molar-refractivity contribution >= 4 is 5.97 Å². The molecular weight excluding hydrogens is 645 g/mol. The summed E-state index contributed by atoms with van der Waals surface area (Å²) < 4.78 is 5.46. The Hall–Kier alpha value is -0.790. The summed E-state index contributed by atoms with van der Waals surface area (Å²) in [4.78, 5) is 12.0. The van der Waals surface area contributed by atoms with E-state index in [-0.39, 0.29) is 5.97 Å². The Labute approximate surface area is 336 Å². The van der Waals surface area contributed by atoms with Crippen molar-refractivity contribution in [1.82, 2.24) is 0 Å². The van der Waals surface area contributed by atoms with E-state index in [1.165, 1.54) is 250 Å². The van der Waals surface area contributed by atoms with Crippen LogP contribution in [0.25, 0.3) is 0 Å². The zero-order chi connectivity index (χ0) is 38.4. The largest absolute Gasteiger partial charge is 0.466 e. The Morgan fingerprint density at radius 2 is 0.660 bits per heavy atom. The fraction of sp³-hybridized carbons (Fsp3) is 0.941. The first kappa shape index (κ1) is 52.2. The average Bonchev–Trinajstić information content (AvgIpc) is 3.15. The molecule has 0 aromatic rings. The van der Waals surface area contributed by atoms with Crippen molar-refractivity contribution in [3.05, 3.63) is 12.2 Å². The fourth-order valence-corrected chi connectivity index (χ4v) is 7.84. The van der Waals surface area contributed by atoms with Gasteiger partial charge in [0, 0.05) is 6.42 Å². The number of allylic oxidation sites excluding steroid dienone is 2. The third-order valence-corrected chi connectivity index (χ3v) is 11.6. The Balaban J connectivity index is 3.13. The summed E-state index contributed by atoms with van der Waals surface area (Å²) in [7, 11) is 0. The van der Waals surface area contributed by atoms with Crippen LogP contribution in [0.1, 0.15) is 297 Å². The highest BCUT2D eigenvalue weighted by atomic mass is 16.5. The molecule has 0 heterocycles. The van der Waals surface area contributed by atoms with E-state index in [1.54, 1.807) is 0 Å². The molecule has 0 unspecified atom stereocenters. The van der Waals surface area contributed by atoms with Crippen LogP contribution in [0, 0.1) is 5.92 Å². The van der Waals surface area contributed by atoms with Crippen molar-refractivity contribution in [2.24, 2.45) is 5.92 Å². The van der Waals surface area contributed by atoms with E-state index in [0.29, 0.717) is 13.0 Å². The molecule has 0 atom stereocenters. The monoisotopic (exact) mass is 745 g/mol. The van der Waals surface area contributed by atoms with Gasteiger partial charge in [-0.3, -0.25) is 4.79 Å². The van der Waals surface area contributed by atoms with Gasteiger partial charge in [0.2, 0.25) is 0 Å². The number of hydrogen-bond acceptors (Lipinski definition) is 2. The van der Waals surface area contributed by atoms with Crippen LogP contribution in [0.2, 0.25) is 0 Å². The fourth-order valence-electron chi connectivity index (χ4n) is 7.84. The summed E-state index contributed by atoms with van der Waals surface area (Å²) in [5.74, 6) is 0.908. The number of carbonyl (C=O) groups is 1. The van der Waals surface area contributed by atoms with Crippen LogP contribution >= 0.6 is 0 Å². The Morgan fingerprint density at radius 3 is 1.00 bits per heavy atom. The van der Waals surface area contributed by atoms with Gasteiger partial charge in [-0.05, 0) is 38.0 Å². The third kappa shape index (κ3) is 49.2. The maximum absolute atomic E-state index is 12.0. The number of unbranched alkanes of at least 4 members (excludes halogenated alkanes) is 38. The highest BCUT2D eigenvalue weighted by Gasteiger charge is 2.03. The minimum Gasteiger partial charge on any atom is -0.466 e. The highest BCUT2D eigenvalue weighted by Crippen LogP contribution is 2.18. The van der Waals surface area contributed by atoms with E-state index >= 15 is 0 Å². The van der Waals surface area contributed by atoms with E-state index in [4.69, 9.17) is 4.74 Å². The average molecular weight is 745 g/mol. The molecule has 0 aliphatic carbocycles. The van der Waals surface area contributed by atoms with Gasteiger partial charge >= 0.3 is 5.97 Å². The molecule has 0 amide bonds. The predicted octanol–water partition coefficient (Wildman–Crippen LogP) is 18.5. The Bertz CT molecular complexity index is 696. The second kappa shape index (κ2) is 47.4. The first-order valence-corrected chi connectivity index (χ1v) is 25.0. The standard InChI is InChI=1S/C51H100O2/c1-4-5-6-7-8-9-32-36-39-42-45-48-51(52)53-49-46-43-40-37-34-31-29-27-25-23-21-19-17-15-13-11-10-12-14-16-18-20-22-24-26-28-30-33-35-38-41-44-47-50(2)3/h7-8,50H,4-6,9-49H2,1-3H3/b8-7-. The Morgan fingerprint density at radius 1 is 0.377 bits per heavy atom. The molecule has 0 aliphatic rings. The maximum Gasteiger partial charge on any atom is 0.305 e. The van der Waals surface area contributed by atoms with Crippen molar-refractivity contribution in [2.75, 3.05) is 6.61 Å². The van der Waals surface area contributed by atoms with E-state index in [1.807, 2.05) is 0 Å². The topological polar surface area (TPSA) is 26.3 Å². The molecule has 0 aliphatic heterocycles. The smallest absolute Gasteiger partial charge is 0.305 e. The maximum atomic E-state index is 12.0. The molecule has 0 aromatic heterocycles. The first-order valence-electron chi connectivity index (χ1n) is 25.0. The van der Waals surface area contributed by atoms with Crippen molar-refractivity contribution in [3.8, 4) is 0 Å². The normalized spacial score (nSPS) is 11.8. The second-order valence-electron chi connectivity index (χ2n) is 17.6. The molecule has 2 heteroatoms. The first-order chi connectivity index (χ1) is 26.2. The molecule has 2 nitrogen and oxygen atoms in total. The lowest BCUT2D eigenvalue weighted by Crippen LogP contribution is -2.05. The molecular formula is C51H100O2. The molecule has 0 saturated carbocycles. The summed E-state index contributed by atoms with van der Waals surface area (Å²) in [5.41, 5.74) is 0. The summed E-state index contributed by atoms with van der Waals surface area (Å²) in [6.45, 7) is 7.57. The molecule has 0 fully saturated rings. The summed E-state index contributed by atoms with van der Waals surface area (Å²) in [5, 5.41) is 0. The lowest BCUT2D eigenvalue weighted by Gasteiger charge is -2.06. The van der Waals surface area contributed by atoms with Gasteiger partial charge in [-0.1, -0.05) is 270 Å². The van der Waals surface area contributed by atoms with Crippen LogP contribution in [-0.2, 0) is 9.53 Å². The molecule has 53 heavy (non-hydrogen) atoms. The van der Waals surface area contributed by atoms with Gasteiger partial charge in [0.25, 0.3) is 0 Å². The molecule has 0 rings (SSSR count). The minimum absolute atomic E-state index is 0.0183. The van der Waals surface area contributed by atoms with Crippen LogP contribution in [0.3, 0.4) is 0 Å². The molecule has 0 radical (unpaired) electrons. The van der Waals surface area contributed by atoms with Gasteiger partial charge in [-0.2, -0.15) is 0 Å². The van der Waals surface area contributed by atoms with Crippen LogP contribution in [0.5, 0.6) is 0 Å². The van der Waals surface area contributed by atoms with Crippen molar-refractivity contribution in [3.63, 3.8) is 0 Å². The molecule has 0 bridgehead atoms. The number of hydrogen-bond donors (Lipinski definition) is 0. The number of rotatable bonds is 46. The molecule has 0 spiro atoms. The quantitative estimate of drug-likeness (QED) is 0.0352. The number of ether oxygens (including phenoxy) is 1. The van der Waals surface area contributed by atoms with Gasteiger partial charge in [-0.25, -0.2) is 0 Å². The van der Waals surface area contributed by atoms with Crippen molar-refractivity contribution in [1.29, 1.82) is 0 Å². The van der Waals surface area contributed by atoms with E-state index < -0.39 is 0 Å². The van der Waals surface area contributed by atoms with Gasteiger partial charge in [0.05, 0.1) is 6.61 Å². The van der Waals surface area contributed by atoms with Crippen LogP contribution < -0.4 is 0 Å². The second-order valence-corrected chi connectivity index (χ2v) is 17.6.